The van der Waals surface area contributed by atoms with E-state index in [0.717, 1.165) is 5.39 Å². The highest BCUT2D eigenvalue weighted by atomic mass is 79.9. The molecule has 0 aliphatic rings. The van der Waals surface area contributed by atoms with Crippen LogP contribution in [0.2, 0.25) is 0 Å². The smallest absolute Gasteiger partial charge is 0.352 e. The van der Waals surface area contributed by atoms with E-state index in [1.165, 1.54) is 10.6 Å². The fraction of sp³-hybridized carbons (Fsp3) is 0.182. The summed E-state index contributed by atoms with van der Waals surface area (Å²) in [6.07, 6.45) is 0. The van der Waals surface area contributed by atoms with E-state index >= 15 is 0 Å². The van der Waals surface area contributed by atoms with Gasteiger partial charge >= 0.3 is 5.97 Å². The van der Waals surface area contributed by atoms with Crippen LogP contribution in [0.5, 0.6) is 0 Å². The van der Waals surface area contributed by atoms with Crippen molar-refractivity contribution in [1.82, 2.24) is 4.57 Å². The molecule has 0 aliphatic heterocycles. The van der Waals surface area contributed by atoms with E-state index in [1.807, 2.05) is 0 Å². The monoisotopic (exact) mass is 285 g/mol. The molecule has 0 aliphatic carbocycles. The number of benzene rings is 1. The van der Waals surface area contributed by atoms with Gasteiger partial charge in [-0.15, -0.1) is 0 Å². The van der Waals surface area contributed by atoms with Crippen molar-refractivity contribution >= 4 is 32.8 Å². The molecule has 0 saturated heterocycles. The predicted molar refractivity (Wildman–Crippen MR) is 62.3 cm³/mol. The van der Waals surface area contributed by atoms with E-state index in [-0.39, 0.29) is 5.69 Å². The number of aromatic carboxylic acids is 1. The summed E-state index contributed by atoms with van der Waals surface area (Å²) in [5, 5.41) is 9.80. The predicted octanol–water partition coefficient (Wildman–Crippen LogP) is 3.09. The van der Waals surface area contributed by atoms with Crippen LogP contribution in [-0.2, 0) is 7.05 Å². The Morgan fingerprint density at radius 3 is 2.69 bits per heavy atom. The van der Waals surface area contributed by atoms with E-state index in [9.17, 15) is 9.18 Å². The maximum absolute atomic E-state index is 13.4. The van der Waals surface area contributed by atoms with Crippen LogP contribution < -0.4 is 0 Å². The molecule has 0 spiro atoms. The van der Waals surface area contributed by atoms with Gasteiger partial charge in [-0.1, -0.05) is 0 Å². The second-order valence-electron chi connectivity index (χ2n) is 3.62. The summed E-state index contributed by atoms with van der Waals surface area (Å²) in [6.45, 7) is 1.72. The van der Waals surface area contributed by atoms with Gasteiger partial charge < -0.3 is 9.67 Å². The number of fused-ring (bicyclic) bond motifs is 1. The standard InChI is InChI=1S/C11H9BrFNO2/c1-5-6-3-7(12)8(13)4-9(6)14(2)10(5)11(15)16/h3-4H,1-2H3,(H,15,16). The third-order valence-corrected chi connectivity index (χ3v) is 3.30. The lowest BCUT2D eigenvalue weighted by molar-refractivity contribution is 0.0686. The third kappa shape index (κ3) is 1.43. The average Bonchev–Trinajstić information content (AvgIpc) is 2.41. The summed E-state index contributed by atoms with van der Waals surface area (Å²) in [6, 6.07) is 2.94. The number of hydrogen-bond donors (Lipinski definition) is 1. The summed E-state index contributed by atoms with van der Waals surface area (Å²) in [4.78, 5) is 11.1. The minimum atomic E-state index is -1.01. The highest BCUT2D eigenvalue weighted by Crippen LogP contribution is 2.29. The molecule has 5 heteroatoms. The number of nitrogens with zero attached hydrogens (tertiary/aromatic N) is 1. The van der Waals surface area contributed by atoms with Gasteiger partial charge in [0.2, 0.25) is 0 Å². The molecule has 0 saturated carbocycles. The zero-order chi connectivity index (χ0) is 12.0. The molecule has 1 aromatic heterocycles. The molecular formula is C11H9BrFNO2. The van der Waals surface area contributed by atoms with Crippen LogP contribution in [0.1, 0.15) is 16.1 Å². The second-order valence-corrected chi connectivity index (χ2v) is 4.48. The van der Waals surface area contributed by atoms with Crippen LogP contribution in [0, 0.1) is 12.7 Å². The minimum absolute atomic E-state index is 0.188. The van der Waals surface area contributed by atoms with Crippen LogP contribution in [0.4, 0.5) is 4.39 Å². The maximum Gasteiger partial charge on any atom is 0.352 e. The van der Waals surface area contributed by atoms with E-state index < -0.39 is 11.8 Å². The van der Waals surface area contributed by atoms with Gasteiger partial charge in [-0.25, -0.2) is 9.18 Å². The van der Waals surface area contributed by atoms with Gasteiger partial charge in [-0.2, -0.15) is 0 Å². The zero-order valence-corrected chi connectivity index (χ0v) is 10.3. The SMILES string of the molecule is Cc1c(C(=O)O)n(C)c2cc(F)c(Br)cc12. The van der Waals surface area contributed by atoms with E-state index in [4.69, 9.17) is 5.11 Å². The van der Waals surface area contributed by atoms with Crippen molar-refractivity contribution in [1.29, 1.82) is 0 Å². The number of rotatable bonds is 1. The Bertz CT molecular complexity index is 559. The van der Waals surface area contributed by atoms with Gasteiger partial charge in [0, 0.05) is 12.4 Å². The lowest BCUT2D eigenvalue weighted by atomic mass is 10.1. The molecule has 0 unspecified atom stereocenters. The van der Waals surface area contributed by atoms with Crippen LogP contribution in [-0.4, -0.2) is 15.6 Å². The molecule has 84 valence electrons. The Kier molecular flexibility index (Phi) is 2.50. The van der Waals surface area contributed by atoms with E-state index in [2.05, 4.69) is 15.9 Å². The highest BCUT2D eigenvalue weighted by molar-refractivity contribution is 9.10. The number of carboxylic acid groups (broad SMARTS) is 1. The molecule has 0 atom stereocenters. The summed E-state index contributed by atoms with van der Waals surface area (Å²) in [7, 11) is 1.62. The Hall–Kier alpha value is -1.36. The highest BCUT2D eigenvalue weighted by Gasteiger charge is 2.18. The number of aromatic nitrogens is 1. The van der Waals surface area contributed by atoms with Gasteiger partial charge in [-0.3, -0.25) is 0 Å². The summed E-state index contributed by atoms with van der Waals surface area (Å²) in [5.74, 6) is -1.40. The Balaban J connectivity index is 2.94. The van der Waals surface area contributed by atoms with Crippen molar-refractivity contribution in [3.05, 3.63) is 33.7 Å². The van der Waals surface area contributed by atoms with Crippen molar-refractivity contribution in [3.8, 4) is 0 Å². The molecule has 2 rings (SSSR count). The third-order valence-electron chi connectivity index (χ3n) is 2.70. The van der Waals surface area contributed by atoms with Crippen molar-refractivity contribution < 1.29 is 14.3 Å². The molecule has 0 radical (unpaired) electrons. The van der Waals surface area contributed by atoms with Crippen LogP contribution >= 0.6 is 15.9 Å². The molecule has 16 heavy (non-hydrogen) atoms. The zero-order valence-electron chi connectivity index (χ0n) is 8.71. The normalized spacial score (nSPS) is 11.0. The molecule has 2 aromatic rings. The van der Waals surface area contributed by atoms with Crippen molar-refractivity contribution in [2.24, 2.45) is 7.05 Å². The molecule has 3 nitrogen and oxygen atoms in total. The first kappa shape index (κ1) is 11.1. The number of halogens is 2. The number of carboxylic acids is 1. The lowest BCUT2D eigenvalue weighted by Crippen LogP contribution is -2.05. The molecule has 0 bridgehead atoms. The van der Waals surface area contributed by atoms with Crippen LogP contribution in [0.25, 0.3) is 10.9 Å². The van der Waals surface area contributed by atoms with Crippen LogP contribution in [0.15, 0.2) is 16.6 Å². The molecule has 0 fully saturated rings. The van der Waals surface area contributed by atoms with Gasteiger partial charge in [-0.05, 0) is 40.5 Å². The van der Waals surface area contributed by atoms with E-state index in [1.54, 1.807) is 20.0 Å². The van der Waals surface area contributed by atoms with Crippen molar-refractivity contribution in [2.45, 2.75) is 6.92 Å². The maximum atomic E-state index is 13.4. The van der Waals surface area contributed by atoms with E-state index in [0.29, 0.717) is 15.6 Å². The minimum Gasteiger partial charge on any atom is -0.477 e. The first-order valence-electron chi connectivity index (χ1n) is 4.60. The first-order chi connectivity index (χ1) is 7.43. The Labute approximate surface area is 99.6 Å². The number of aryl methyl sites for hydroxylation is 2. The summed E-state index contributed by atoms with van der Waals surface area (Å²) >= 11 is 3.09. The van der Waals surface area contributed by atoms with Gasteiger partial charge in [0.1, 0.15) is 11.5 Å². The Morgan fingerprint density at radius 1 is 1.50 bits per heavy atom. The molecule has 1 aromatic carbocycles. The van der Waals surface area contributed by atoms with Gasteiger partial charge in [0.15, 0.2) is 0 Å². The first-order valence-corrected chi connectivity index (χ1v) is 5.40. The van der Waals surface area contributed by atoms with Gasteiger partial charge in [0.05, 0.1) is 9.99 Å². The molecule has 1 heterocycles. The fourth-order valence-corrected chi connectivity index (χ4v) is 2.26. The van der Waals surface area contributed by atoms with Crippen LogP contribution in [0.3, 0.4) is 0 Å². The molecular weight excluding hydrogens is 277 g/mol. The average molecular weight is 286 g/mol. The lowest BCUT2D eigenvalue weighted by Gasteiger charge is -2.00. The quantitative estimate of drug-likeness (QED) is 0.875. The topological polar surface area (TPSA) is 42.2 Å². The van der Waals surface area contributed by atoms with Crippen molar-refractivity contribution in [3.63, 3.8) is 0 Å². The fourth-order valence-electron chi connectivity index (χ4n) is 1.92. The van der Waals surface area contributed by atoms with Gasteiger partial charge in [0.25, 0.3) is 0 Å². The molecule has 0 amide bonds. The summed E-state index contributed by atoms with van der Waals surface area (Å²) < 4.78 is 15.2. The number of hydrogen-bond acceptors (Lipinski definition) is 1. The molecule has 1 N–H and O–H groups in total. The largest absolute Gasteiger partial charge is 0.477 e. The Morgan fingerprint density at radius 2 is 2.12 bits per heavy atom. The second kappa shape index (κ2) is 3.59. The summed E-state index contributed by atoms with van der Waals surface area (Å²) in [5.41, 5.74) is 1.41. The number of carbonyl (C=O) groups is 1. The van der Waals surface area contributed by atoms with Crippen molar-refractivity contribution in [2.75, 3.05) is 0 Å².